The van der Waals surface area contributed by atoms with E-state index in [1.165, 1.54) is 11.8 Å². The summed E-state index contributed by atoms with van der Waals surface area (Å²) in [6, 6.07) is 17.1. The number of para-hydroxylation sites is 1. The van der Waals surface area contributed by atoms with Crippen LogP contribution in [-0.2, 0) is 10.5 Å². The normalized spacial score (nSPS) is 15.0. The topological polar surface area (TPSA) is 41.9 Å². The number of rotatable bonds is 5. The van der Waals surface area contributed by atoms with Gasteiger partial charge in [0.1, 0.15) is 5.75 Å². The Bertz CT molecular complexity index is 767. The molecule has 0 spiro atoms. The van der Waals surface area contributed by atoms with Crippen molar-refractivity contribution >= 4 is 34.4 Å². The van der Waals surface area contributed by atoms with Crippen molar-refractivity contribution in [3.05, 3.63) is 65.2 Å². The maximum atomic E-state index is 12.7. The number of aliphatic imine (C=N–C) groups is 1. The number of benzene rings is 2. The SMILES string of the molecule is CC(Oc1ccccc1)C(=O)N1CCN=C1SCc1ccccc1Cl. The Labute approximate surface area is 156 Å². The summed E-state index contributed by atoms with van der Waals surface area (Å²) in [6.45, 7) is 2.98. The van der Waals surface area contributed by atoms with Crippen molar-refractivity contribution in [2.45, 2.75) is 18.8 Å². The van der Waals surface area contributed by atoms with E-state index in [2.05, 4.69) is 4.99 Å². The van der Waals surface area contributed by atoms with E-state index >= 15 is 0 Å². The number of halogens is 1. The van der Waals surface area contributed by atoms with Crippen LogP contribution in [0.15, 0.2) is 59.6 Å². The van der Waals surface area contributed by atoms with E-state index < -0.39 is 6.10 Å². The molecule has 0 fully saturated rings. The van der Waals surface area contributed by atoms with Gasteiger partial charge in [0.2, 0.25) is 0 Å². The van der Waals surface area contributed by atoms with E-state index in [-0.39, 0.29) is 5.91 Å². The first-order chi connectivity index (χ1) is 12.1. The van der Waals surface area contributed by atoms with Crippen LogP contribution in [0.5, 0.6) is 5.75 Å². The third-order valence-electron chi connectivity index (χ3n) is 3.79. The molecule has 0 saturated heterocycles. The van der Waals surface area contributed by atoms with Crippen molar-refractivity contribution < 1.29 is 9.53 Å². The van der Waals surface area contributed by atoms with Crippen LogP contribution in [0.3, 0.4) is 0 Å². The van der Waals surface area contributed by atoms with Crippen molar-refractivity contribution in [2.75, 3.05) is 13.1 Å². The minimum absolute atomic E-state index is 0.0771. The molecule has 2 aromatic rings. The number of nitrogens with zero attached hydrogens (tertiary/aromatic N) is 2. The maximum absolute atomic E-state index is 12.7. The highest BCUT2D eigenvalue weighted by molar-refractivity contribution is 8.13. The van der Waals surface area contributed by atoms with Crippen molar-refractivity contribution in [1.82, 2.24) is 4.90 Å². The molecular weight excluding hydrogens is 356 g/mol. The smallest absolute Gasteiger partial charge is 0.269 e. The van der Waals surface area contributed by atoms with Gasteiger partial charge in [0, 0.05) is 17.3 Å². The Balaban J connectivity index is 1.60. The molecule has 1 heterocycles. The second-order valence-electron chi connectivity index (χ2n) is 5.61. The number of carbonyl (C=O) groups excluding carboxylic acids is 1. The van der Waals surface area contributed by atoms with Crippen molar-refractivity contribution in [3.63, 3.8) is 0 Å². The summed E-state index contributed by atoms with van der Waals surface area (Å²) in [5, 5.41) is 1.46. The van der Waals surface area contributed by atoms with Gasteiger partial charge < -0.3 is 4.74 Å². The monoisotopic (exact) mass is 374 g/mol. The molecule has 0 aliphatic carbocycles. The highest BCUT2D eigenvalue weighted by Gasteiger charge is 2.29. The zero-order valence-electron chi connectivity index (χ0n) is 13.9. The number of thioether (sulfide) groups is 1. The lowest BCUT2D eigenvalue weighted by molar-refractivity contribution is -0.133. The van der Waals surface area contributed by atoms with Gasteiger partial charge in [-0.1, -0.05) is 59.8 Å². The van der Waals surface area contributed by atoms with Gasteiger partial charge in [-0.3, -0.25) is 14.7 Å². The van der Waals surface area contributed by atoms with Crippen LogP contribution in [-0.4, -0.2) is 35.2 Å². The number of carbonyl (C=O) groups is 1. The fraction of sp³-hybridized carbons (Fsp3) is 0.263. The molecule has 1 unspecified atom stereocenters. The van der Waals surface area contributed by atoms with Crippen LogP contribution < -0.4 is 4.74 Å². The molecule has 0 radical (unpaired) electrons. The van der Waals surface area contributed by atoms with Crippen molar-refractivity contribution in [3.8, 4) is 5.75 Å². The summed E-state index contributed by atoms with van der Waals surface area (Å²) in [7, 11) is 0. The summed E-state index contributed by atoms with van der Waals surface area (Å²) in [5.41, 5.74) is 1.03. The van der Waals surface area contributed by atoms with Crippen molar-refractivity contribution in [1.29, 1.82) is 0 Å². The average Bonchev–Trinajstić information content (AvgIpc) is 3.09. The van der Waals surface area contributed by atoms with E-state index in [9.17, 15) is 4.79 Å². The molecule has 1 amide bonds. The molecular formula is C19H19ClN2O2S. The first-order valence-corrected chi connectivity index (χ1v) is 9.45. The number of hydrogen-bond acceptors (Lipinski definition) is 4. The lowest BCUT2D eigenvalue weighted by Gasteiger charge is -2.22. The first kappa shape index (κ1) is 17.8. The minimum atomic E-state index is -0.563. The van der Waals surface area contributed by atoms with Gasteiger partial charge >= 0.3 is 0 Å². The van der Waals surface area contributed by atoms with Crippen LogP contribution in [0.1, 0.15) is 12.5 Å². The summed E-state index contributed by atoms with van der Waals surface area (Å²) in [4.78, 5) is 18.9. The lowest BCUT2D eigenvalue weighted by atomic mass is 10.2. The Hall–Kier alpha value is -1.98. The van der Waals surface area contributed by atoms with E-state index in [1.807, 2.05) is 54.6 Å². The van der Waals surface area contributed by atoms with Gasteiger partial charge in [0.25, 0.3) is 5.91 Å². The Kier molecular flexibility index (Phi) is 6.00. The molecule has 0 N–H and O–H groups in total. The third kappa shape index (κ3) is 4.55. The quantitative estimate of drug-likeness (QED) is 0.786. The van der Waals surface area contributed by atoms with Gasteiger partial charge in [-0.05, 0) is 30.7 Å². The van der Waals surface area contributed by atoms with E-state index in [0.717, 1.165) is 15.8 Å². The number of amidine groups is 1. The zero-order chi connectivity index (χ0) is 17.6. The Morgan fingerprint density at radius 3 is 2.72 bits per heavy atom. The van der Waals surface area contributed by atoms with E-state index in [0.29, 0.717) is 24.6 Å². The highest BCUT2D eigenvalue weighted by atomic mass is 35.5. The predicted octanol–water partition coefficient (Wildman–Crippen LogP) is 4.24. The second kappa shape index (κ2) is 8.41. The van der Waals surface area contributed by atoms with Gasteiger partial charge in [0.05, 0.1) is 6.54 Å². The molecule has 1 aliphatic rings. The summed E-state index contributed by atoms with van der Waals surface area (Å²) in [6.07, 6.45) is -0.563. The van der Waals surface area contributed by atoms with E-state index in [1.54, 1.807) is 11.8 Å². The molecule has 0 bridgehead atoms. The molecule has 0 saturated carbocycles. The first-order valence-electron chi connectivity index (χ1n) is 8.09. The molecule has 3 rings (SSSR count). The molecule has 6 heteroatoms. The van der Waals surface area contributed by atoms with Gasteiger partial charge in [-0.25, -0.2) is 0 Å². The average molecular weight is 375 g/mol. The molecule has 1 aliphatic heterocycles. The number of hydrogen-bond donors (Lipinski definition) is 0. The fourth-order valence-electron chi connectivity index (χ4n) is 2.49. The van der Waals surface area contributed by atoms with Crippen LogP contribution in [0.25, 0.3) is 0 Å². The molecule has 25 heavy (non-hydrogen) atoms. The number of amides is 1. The van der Waals surface area contributed by atoms with Gasteiger partial charge in [-0.2, -0.15) is 0 Å². The second-order valence-corrected chi connectivity index (χ2v) is 6.96. The molecule has 4 nitrogen and oxygen atoms in total. The van der Waals surface area contributed by atoms with E-state index in [4.69, 9.17) is 16.3 Å². The summed E-state index contributed by atoms with van der Waals surface area (Å²) < 4.78 is 5.74. The van der Waals surface area contributed by atoms with Crippen LogP contribution >= 0.6 is 23.4 Å². The predicted molar refractivity (Wildman–Crippen MR) is 103 cm³/mol. The van der Waals surface area contributed by atoms with Crippen LogP contribution in [0, 0.1) is 0 Å². The van der Waals surface area contributed by atoms with Crippen LogP contribution in [0.4, 0.5) is 0 Å². The van der Waals surface area contributed by atoms with Gasteiger partial charge in [-0.15, -0.1) is 0 Å². The Morgan fingerprint density at radius 2 is 1.96 bits per heavy atom. The van der Waals surface area contributed by atoms with Crippen LogP contribution in [0.2, 0.25) is 5.02 Å². The minimum Gasteiger partial charge on any atom is -0.481 e. The lowest BCUT2D eigenvalue weighted by Crippen LogP contribution is -2.41. The van der Waals surface area contributed by atoms with Gasteiger partial charge in [0.15, 0.2) is 11.3 Å². The molecule has 2 aromatic carbocycles. The molecule has 0 aromatic heterocycles. The highest BCUT2D eigenvalue weighted by Crippen LogP contribution is 2.25. The maximum Gasteiger partial charge on any atom is 0.269 e. The zero-order valence-corrected chi connectivity index (χ0v) is 15.5. The largest absolute Gasteiger partial charge is 0.481 e. The third-order valence-corrected chi connectivity index (χ3v) is 5.22. The fourth-order valence-corrected chi connectivity index (χ4v) is 3.82. The number of ether oxygens (including phenoxy) is 1. The molecule has 1 atom stereocenters. The summed E-state index contributed by atoms with van der Waals surface area (Å²) in [5.74, 6) is 1.28. The summed E-state index contributed by atoms with van der Waals surface area (Å²) >= 11 is 7.72. The van der Waals surface area contributed by atoms with Crippen molar-refractivity contribution in [2.24, 2.45) is 4.99 Å². The molecule has 130 valence electrons. The Morgan fingerprint density at radius 1 is 1.24 bits per heavy atom. The standard InChI is InChI=1S/C19H19ClN2O2S/c1-14(24-16-8-3-2-4-9-16)18(23)22-12-11-21-19(22)25-13-15-7-5-6-10-17(15)20/h2-10,14H,11-13H2,1H3.